The van der Waals surface area contributed by atoms with Crippen molar-refractivity contribution in [3.8, 4) is 0 Å². The Labute approximate surface area is 117 Å². The van der Waals surface area contributed by atoms with Gasteiger partial charge in [-0.15, -0.1) is 6.58 Å². The molecule has 0 aliphatic heterocycles. The number of rotatable bonds is 7. The first kappa shape index (κ1) is 14.3. The molecule has 19 heavy (non-hydrogen) atoms. The summed E-state index contributed by atoms with van der Waals surface area (Å²) in [4.78, 5) is 0. The Morgan fingerprint density at radius 1 is 1.47 bits per heavy atom. The van der Waals surface area contributed by atoms with Crippen LogP contribution in [0.5, 0.6) is 0 Å². The summed E-state index contributed by atoms with van der Waals surface area (Å²) in [5, 5.41) is 8.28. The molecule has 0 bridgehead atoms. The Hall–Kier alpha value is -1.09. The van der Waals surface area contributed by atoms with Crippen molar-refractivity contribution in [1.29, 1.82) is 0 Å². The molecule has 1 aliphatic carbocycles. The summed E-state index contributed by atoms with van der Waals surface area (Å²) in [6.07, 6.45) is 12.9. The van der Waals surface area contributed by atoms with Crippen LogP contribution in [0.4, 0.5) is 0 Å². The fourth-order valence-corrected chi connectivity index (χ4v) is 3.02. The zero-order valence-electron chi connectivity index (χ0n) is 12.1. The smallest absolute Gasteiger partial charge is 0.0640 e. The molecular weight excluding hydrogens is 234 g/mol. The van der Waals surface area contributed by atoms with E-state index in [4.69, 9.17) is 5.10 Å². The molecule has 0 radical (unpaired) electrons. The fourth-order valence-electron chi connectivity index (χ4n) is 3.02. The number of nitrogens with one attached hydrogen (secondary N) is 1. The maximum Gasteiger partial charge on any atom is 0.0640 e. The van der Waals surface area contributed by atoms with Gasteiger partial charge >= 0.3 is 0 Å². The predicted octanol–water partition coefficient (Wildman–Crippen LogP) is 3.49. The van der Waals surface area contributed by atoms with Crippen LogP contribution in [0.3, 0.4) is 0 Å². The van der Waals surface area contributed by atoms with E-state index in [1.54, 1.807) is 0 Å². The maximum atomic E-state index is 4.78. The van der Waals surface area contributed by atoms with Crippen molar-refractivity contribution in [2.75, 3.05) is 6.54 Å². The summed E-state index contributed by atoms with van der Waals surface area (Å²) < 4.78 is 2.20. The molecule has 3 nitrogen and oxygen atoms in total. The van der Waals surface area contributed by atoms with Crippen LogP contribution in [-0.2, 0) is 6.42 Å². The van der Waals surface area contributed by atoms with Gasteiger partial charge in [0.2, 0.25) is 0 Å². The Morgan fingerprint density at radius 2 is 2.26 bits per heavy atom. The van der Waals surface area contributed by atoms with Gasteiger partial charge < -0.3 is 5.32 Å². The summed E-state index contributed by atoms with van der Waals surface area (Å²) in [6.45, 7) is 6.99. The van der Waals surface area contributed by atoms with Gasteiger partial charge in [-0.1, -0.05) is 32.3 Å². The minimum Gasteiger partial charge on any atom is -0.314 e. The van der Waals surface area contributed by atoms with E-state index >= 15 is 0 Å². The van der Waals surface area contributed by atoms with E-state index in [1.807, 2.05) is 6.08 Å². The summed E-state index contributed by atoms with van der Waals surface area (Å²) in [5.41, 5.74) is 1.21. The van der Waals surface area contributed by atoms with Gasteiger partial charge in [0.15, 0.2) is 0 Å². The molecule has 1 aromatic heterocycles. The monoisotopic (exact) mass is 261 g/mol. The lowest BCUT2D eigenvalue weighted by molar-refractivity contribution is 0.327. The van der Waals surface area contributed by atoms with E-state index in [-0.39, 0.29) is 0 Å². The average molecular weight is 261 g/mol. The summed E-state index contributed by atoms with van der Waals surface area (Å²) in [7, 11) is 0. The van der Waals surface area contributed by atoms with Crippen LogP contribution in [-0.4, -0.2) is 22.4 Å². The second-order valence-electron chi connectivity index (χ2n) is 5.56. The van der Waals surface area contributed by atoms with Crippen molar-refractivity contribution in [2.45, 2.75) is 64.0 Å². The first-order valence-corrected chi connectivity index (χ1v) is 7.71. The lowest BCUT2D eigenvalue weighted by Crippen LogP contribution is -2.30. The van der Waals surface area contributed by atoms with Gasteiger partial charge in [-0.05, 0) is 31.9 Å². The molecule has 0 saturated heterocycles. The quantitative estimate of drug-likeness (QED) is 0.762. The van der Waals surface area contributed by atoms with Crippen molar-refractivity contribution in [3.63, 3.8) is 0 Å². The van der Waals surface area contributed by atoms with Crippen molar-refractivity contribution < 1.29 is 0 Å². The third-order valence-electron chi connectivity index (χ3n) is 4.01. The largest absolute Gasteiger partial charge is 0.314 e. The highest BCUT2D eigenvalue weighted by Crippen LogP contribution is 2.27. The highest BCUT2D eigenvalue weighted by Gasteiger charge is 2.16. The number of hydrogen-bond acceptors (Lipinski definition) is 2. The van der Waals surface area contributed by atoms with Crippen LogP contribution < -0.4 is 5.32 Å². The lowest BCUT2D eigenvalue weighted by atomic mass is 9.96. The van der Waals surface area contributed by atoms with Gasteiger partial charge in [-0.2, -0.15) is 5.10 Å². The van der Waals surface area contributed by atoms with Crippen molar-refractivity contribution in [2.24, 2.45) is 0 Å². The highest BCUT2D eigenvalue weighted by molar-refractivity contribution is 5.03. The zero-order chi connectivity index (χ0) is 13.5. The molecule has 1 fully saturated rings. The molecule has 1 atom stereocenters. The minimum atomic E-state index is 0.470. The standard InChI is InChI=1S/C16H27N3/c1-3-8-14(17-4-2)13-15-11-12-19(18-15)16-9-6-5-7-10-16/h3,11-12,14,16-17H,1,4-10,13H2,2H3. The van der Waals surface area contributed by atoms with E-state index in [0.717, 1.165) is 19.4 Å². The number of hydrogen-bond donors (Lipinski definition) is 1. The van der Waals surface area contributed by atoms with E-state index < -0.39 is 0 Å². The summed E-state index contributed by atoms with van der Waals surface area (Å²) in [6, 6.07) is 3.29. The normalized spacial score (nSPS) is 18.4. The zero-order valence-corrected chi connectivity index (χ0v) is 12.1. The molecule has 0 amide bonds. The van der Waals surface area contributed by atoms with Crippen molar-refractivity contribution in [3.05, 3.63) is 30.6 Å². The molecule has 3 heteroatoms. The van der Waals surface area contributed by atoms with E-state index in [1.165, 1.54) is 37.8 Å². The SMILES string of the molecule is C=CCC(Cc1ccn(C2CCCCC2)n1)NCC. The van der Waals surface area contributed by atoms with E-state index in [0.29, 0.717) is 12.1 Å². The molecule has 1 aliphatic rings. The molecule has 1 N–H and O–H groups in total. The average Bonchev–Trinajstić information content (AvgIpc) is 2.89. The Morgan fingerprint density at radius 3 is 2.95 bits per heavy atom. The van der Waals surface area contributed by atoms with Crippen molar-refractivity contribution >= 4 is 0 Å². The first-order valence-electron chi connectivity index (χ1n) is 7.71. The molecule has 0 spiro atoms. The van der Waals surface area contributed by atoms with Gasteiger partial charge in [-0.25, -0.2) is 0 Å². The summed E-state index contributed by atoms with van der Waals surface area (Å²) in [5.74, 6) is 0. The Kier molecular flexibility index (Phi) is 5.64. The van der Waals surface area contributed by atoms with Crippen LogP contribution in [0, 0.1) is 0 Å². The van der Waals surface area contributed by atoms with Gasteiger partial charge in [0.25, 0.3) is 0 Å². The third-order valence-corrected chi connectivity index (χ3v) is 4.01. The molecule has 1 aromatic rings. The van der Waals surface area contributed by atoms with Crippen molar-refractivity contribution in [1.82, 2.24) is 15.1 Å². The Bertz CT molecular complexity index is 377. The molecule has 106 valence electrons. The summed E-state index contributed by atoms with van der Waals surface area (Å²) >= 11 is 0. The van der Waals surface area contributed by atoms with E-state index in [2.05, 4.69) is 35.8 Å². The molecule has 1 saturated carbocycles. The number of nitrogens with zero attached hydrogens (tertiary/aromatic N) is 2. The van der Waals surface area contributed by atoms with Gasteiger partial charge in [0.1, 0.15) is 0 Å². The van der Waals surface area contributed by atoms with Crippen LogP contribution in [0.2, 0.25) is 0 Å². The Balaban J connectivity index is 1.93. The maximum absolute atomic E-state index is 4.78. The van der Waals surface area contributed by atoms with Gasteiger partial charge in [0, 0.05) is 18.7 Å². The van der Waals surface area contributed by atoms with Crippen LogP contribution in [0.15, 0.2) is 24.9 Å². The minimum absolute atomic E-state index is 0.470. The third kappa shape index (κ3) is 4.20. The molecule has 2 rings (SSSR count). The fraction of sp³-hybridized carbons (Fsp3) is 0.688. The number of aromatic nitrogens is 2. The molecule has 0 aromatic carbocycles. The predicted molar refractivity (Wildman–Crippen MR) is 80.3 cm³/mol. The molecule has 1 heterocycles. The second-order valence-corrected chi connectivity index (χ2v) is 5.56. The molecule has 1 unspecified atom stereocenters. The second kappa shape index (κ2) is 7.49. The van der Waals surface area contributed by atoms with Crippen LogP contribution >= 0.6 is 0 Å². The first-order chi connectivity index (χ1) is 9.33. The van der Waals surface area contributed by atoms with E-state index in [9.17, 15) is 0 Å². The topological polar surface area (TPSA) is 29.9 Å². The van der Waals surface area contributed by atoms with Gasteiger partial charge in [-0.3, -0.25) is 4.68 Å². The molecular formula is C16H27N3. The lowest BCUT2D eigenvalue weighted by Gasteiger charge is -2.22. The van der Waals surface area contributed by atoms with Crippen LogP contribution in [0.25, 0.3) is 0 Å². The van der Waals surface area contributed by atoms with Crippen LogP contribution in [0.1, 0.15) is 57.2 Å². The number of likely N-dealkylation sites (N-methyl/N-ethyl adjacent to an activating group) is 1. The highest BCUT2D eigenvalue weighted by atomic mass is 15.3. The van der Waals surface area contributed by atoms with Gasteiger partial charge in [0.05, 0.1) is 11.7 Å².